The van der Waals surface area contributed by atoms with Crippen LogP contribution in [0.3, 0.4) is 0 Å². The second-order valence-electron chi connectivity index (χ2n) is 9.53. The van der Waals surface area contributed by atoms with Crippen LogP contribution in [-0.2, 0) is 24.5 Å². The number of ether oxygens (including phenoxy) is 2. The highest BCUT2D eigenvalue weighted by Gasteiger charge is 2.39. The lowest BCUT2D eigenvalue weighted by molar-refractivity contribution is -0.142. The molecule has 2 saturated heterocycles. The Morgan fingerprint density at radius 2 is 1.80 bits per heavy atom. The normalized spacial score (nSPS) is 20.4. The zero-order chi connectivity index (χ0) is 24.0. The summed E-state index contributed by atoms with van der Waals surface area (Å²) in [7, 11) is 1.69. The number of amides is 1. The monoisotopic (exact) mass is 471 g/mol. The molecular formula is C29H33N3O3. The number of piperidine rings is 2. The first-order valence-corrected chi connectivity index (χ1v) is 12.4. The van der Waals surface area contributed by atoms with Gasteiger partial charge in [0, 0.05) is 51.0 Å². The molecule has 0 aliphatic carbocycles. The van der Waals surface area contributed by atoms with Gasteiger partial charge >= 0.3 is 0 Å². The summed E-state index contributed by atoms with van der Waals surface area (Å²) in [4.78, 5) is 21.6. The third-order valence-corrected chi connectivity index (χ3v) is 7.17. The van der Waals surface area contributed by atoms with Crippen molar-refractivity contribution in [2.45, 2.75) is 45.0 Å². The number of carbonyl (C=O) groups is 1. The van der Waals surface area contributed by atoms with E-state index in [4.69, 9.17) is 9.47 Å². The second-order valence-corrected chi connectivity index (χ2v) is 9.53. The van der Waals surface area contributed by atoms with E-state index in [1.165, 1.54) is 5.56 Å². The fourth-order valence-electron chi connectivity index (χ4n) is 5.39. The molecule has 182 valence electrons. The van der Waals surface area contributed by atoms with E-state index in [0.29, 0.717) is 31.5 Å². The number of nitrogens with zero attached hydrogens (tertiary/aromatic N) is 3. The summed E-state index contributed by atoms with van der Waals surface area (Å²) in [6.45, 7) is 4.03. The maximum atomic E-state index is 12.7. The van der Waals surface area contributed by atoms with Crippen LogP contribution in [0.25, 0.3) is 0 Å². The molecule has 6 heteroatoms. The Bertz CT molecular complexity index is 1120. The molecule has 0 saturated carbocycles. The first-order chi connectivity index (χ1) is 17.2. The first-order valence-electron chi connectivity index (χ1n) is 12.4. The highest BCUT2D eigenvalue weighted by Crippen LogP contribution is 2.34. The largest absolute Gasteiger partial charge is 0.493 e. The fraction of sp³-hybridized carbons (Fsp3) is 0.379. The third kappa shape index (κ3) is 5.65. The number of methoxy groups -OCH3 is 1. The van der Waals surface area contributed by atoms with Gasteiger partial charge in [-0.05, 0) is 53.6 Å². The van der Waals surface area contributed by atoms with Gasteiger partial charge in [0.2, 0.25) is 5.91 Å². The molecule has 1 amide bonds. The van der Waals surface area contributed by atoms with Gasteiger partial charge in [-0.15, -0.1) is 0 Å². The summed E-state index contributed by atoms with van der Waals surface area (Å²) >= 11 is 0. The second kappa shape index (κ2) is 10.9. The Kier molecular flexibility index (Phi) is 7.28. The highest BCUT2D eigenvalue weighted by molar-refractivity contribution is 5.77. The maximum absolute atomic E-state index is 12.7. The summed E-state index contributed by atoms with van der Waals surface area (Å²) in [5, 5.41) is 0. The smallest absolute Gasteiger partial charge is 0.223 e. The van der Waals surface area contributed by atoms with Gasteiger partial charge in [0.05, 0.1) is 7.11 Å². The van der Waals surface area contributed by atoms with E-state index in [-0.39, 0.29) is 5.91 Å². The summed E-state index contributed by atoms with van der Waals surface area (Å²) in [5.41, 5.74) is 3.45. The lowest BCUT2D eigenvalue weighted by atomic mass is 9.83. The average molecular weight is 472 g/mol. The van der Waals surface area contributed by atoms with Gasteiger partial charge < -0.3 is 14.4 Å². The Morgan fingerprint density at radius 3 is 2.60 bits per heavy atom. The number of fused-ring (bicyclic) bond motifs is 1. The van der Waals surface area contributed by atoms with Crippen LogP contribution in [-0.4, -0.2) is 46.9 Å². The SMILES string of the molecule is COc1cc(CN2CC[C@@H]3[C@@H](CCC(=O)N3Cc3cccnc3)C2)ccc1OCc1ccccc1. The molecular weight excluding hydrogens is 438 g/mol. The van der Waals surface area contributed by atoms with E-state index < -0.39 is 0 Å². The summed E-state index contributed by atoms with van der Waals surface area (Å²) < 4.78 is 11.7. The van der Waals surface area contributed by atoms with Crippen molar-refractivity contribution in [3.05, 3.63) is 89.7 Å². The first kappa shape index (κ1) is 23.4. The molecule has 0 spiro atoms. The van der Waals surface area contributed by atoms with E-state index in [1.54, 1.807) is 13.3 Å². The molecule has 3 aromatic rings. The molecule has 35 heavy (non-hydrogen) atoms. The maximum Gasteiger partial charge on any atom is 0.223 e. The van der Waals surface area contributed by atoms with Gasteiger partial charge in [0.25, 0.3) is 0 Å². The molecule has 2 aliphatic rings. The van der Waals surface area contributed by atoms with Crippen LogP contribution in [0.15, 0.2) is 73.1 Å². The van der Waals surface area contributed by atoms with Crippen LogP contribution in [0.1, 0.15) is 36.0 Å². The number of likely N-dealkylation sites (tertiary alicyclic amines) is 2. The molecule has 2 aromatic carbocycles. The van der Waals surface area contributed by atoms with Crippen molar-refractivity contribution in [2.75, 3.05) is 20.2 Å². The minimum absolute atomic E-state index is 0.277. The molecule has 1 aromatic heterocycles. The molecule has 2 atom stereocenters. The zero-order valence-electron chi connectivity index (χ0n) is 20.3. The van der Waals surface area contributed by atoms with E-state index in [1.807, 2.05) is 36.5 Å². The van der Waals surface area contributed by atoms with Gasteiger partial charge in [0.1, 0.15) is 6.61 Å². The Labute approximate surface area is 207 Å². The molecule has 0 radical (unpaired) electrons. The molecule has 0 unspecified atom stereocenters. The molecule has 2 aliphatic heterocycles. The van der Waals surface area contributed by atoms with Gasteiger partial charge in [-0.3, -0.25) is 14.7 Å². The summed E-state index contributed by atoms with van der Waals surface area (Å²) in [6, 6.07) is 20.7. The minimum Gasteiger partial charge on any atom is -0.493 e. The lowest BCUT2D eigenvalue weighted by Gasteiger charge is -2.47. The number of hydrogen-bond donors (Lipinski definition) is 0. The number of carbonyl (C=O) groups excluding carboxylic acids is 1. The number of pyridine rings is 1. The Balaban J connectivity index is 1.20. The highest BCUT2D eigenvalue weighted by atomic mass is 16.5. The molecule has 0 bridgehead atoms. The van der Waals surface area contributed by atoms with Gasteiger partial charge in [-0.2, -0.15) is 0 Å². The standard InChI is InChI=1S/C29H33N3O3/c1-34-28-16-23(9-11-27(28)35-21-22-6-3-2-4-7-22)18-31-15-13-26-25(20-31)10-12-29(33)32(26)19-24-8-5-14-30-17-24/h2-9,11,14,16-17,25-26H,10,12-13,15,18-21H2,1H3/t25-,26+/m0/s1. The van der Waals surface area contributed by atoms with Crippen molar-refractivity contribution in [2.24, 2.45) is 5.92 Å². The molecule has 2 fully saturated rings. The van der Waals surface area contributed by atoms with E-state index in [9.17, 15) is 4.79 Å². The fourth-order valence-corrected chi connectivity index (χ4v) is 5.39. The van der Waals surface area contributed by atoms with E-state index in [0.717, 1.165) is 55.1 Å². The quantitative estimate of drug-likeness (QED) is 0.477. The lowest BCUT2D eigenvalue weighted by Crippen LogP contribution is -2.55. The predicted molar refractivity (Wildman–Crippen MR) is 135 cm³/mol. The Hall–Kier alpha value is -3.38. The van der Waals surface area contributed by atoms with Crippen molar-refractivity contribution >= 4 is 5.91 Å². The summed E-state index contributed by atoms with van der Waals surface area (Å²) in [5.74, 6) is 2.31. The summed E-state index contributed by atoms with van der Waals surface area (Å²) in [6.07, 6.45) is 6.26. The van der Waals surface area contributed by atoms with Crippen LogP contribution < -0.4 is 9.47 Å². The zero-order valence-corrected chi connectivity index (χ0v) is 20.3. The molecule has 0 N–H and O–H groups in total. The van der Waals surface area contributed by atoms with Crippen molar-refractivity contribution in [3.8, 4) is 11.5 Å². The third-order valence-electron chi connectivity index (χ3n) is 7.17. The predicted octanol–water partition coefficient (Wildman–Crippen LogP) is 4.68. The average Bonchev–Trinajstić information content (AvgIpc) is 2.90. The van der Waals surface area contributed by atoms with E-state index in [2.05, 4.69) is 45.1 Å². The number of benzene rings is 2. The number of hydrogen-bond acceptors (Lipinski definition) is 5. The topological polar surface area (TPSA) is 54.9 Å². The van der Waals surface area contributed by atoms with Crippen molar-refractivity contribution in [1.82, 2.24) is 14.8 Å². The van der Waals surface area contributed by atoms with Crippen LogP contribution in [0.5, 0.6) is 11.5 Å². The number of rotatable bonds is 8. The van der Waals surface area contributed by atoms with Crippen molar-refractivity contribution in [3.63, 3.8) is 0 Å². The van der Waals surface area contributed by atoms with Crippen LogP contribution in [0, 0.1) is 5.92 Å². The minimum atomic E-state index is 0.277. The van der Waals surface area contributed by atoms with Gasteiger partial charge in [0.15, 0.2) is 11.5 Å². The number of aromatic nitrogens is 1. The molecule has 3 heterocycles. The molecule has 5 rings (SSSR count). The van der Waals surface area contributed by atoms with E-state index >= 15 is 0 Å². The van der Waals surface area contributed by atoms with Gasteiger partial charge in [-0.25, -0.2) is 0 Å². The van der Waals surface area contributed by atoms with Crippen LogP contribution in [0.2, 0.25) is 0 Å². The Morgan fingerprint density at radius 1 is 0.943 bits per heavy atom. The van der Waals surface area contributed by atoms with Gasteiger partial charge in [-0.1, -0.05) is 42.5 Å². The molecule has 6 nitrogen and oxygen atoms in total. The van der Waals surface area contributed by atoms with Crippen molar-refractivity contribution in [1.29, 1.82) is 0 Å². The van der Waals surface area contributed by atoms with Crippen LogP contribution in [0.4, 0.5) is 0 Å². The van der Waals surface area contributed by atoms with Crippen molar-refractivity contribution < 1.29 is 14.3 Å². The van der Waals surface area contributed by atoms with Crippen LogP contribution >= 0.6 is 0 Å².